The lowest BCUT2D eigenvalue weighted by Gasteiger charge is -2.24. The maximum Gasteiger partial charge on any atom is 0.306 e. The molecule has 0 saturated carbocycles. The van der Waals surface area contributed by atoms with E-state index < -0.39 is 18.2 Å². The van der Waals surface area contributed by atoms with E-state index in [2.05, 4.69) is 38.2 Å². The Labute approximate surface area is 355 Å². The molecule has 1 amide bonds. The van der Waals surface area contributed by atoms with Crippen LogP contribution in [0.5, 0.6) is 0 Å². The fraction of sp³-hybridized carbons (Fsp3) is 0.922. The van der Waals surface area contributed by atoms with Gasteiger partial charge in [0.05, 0.1) is 25.2 Å². The van der Waals surface area contributed by atoms with Crippen LogP contribution in [0.3, 0.4) is 0 Å². The Morgan fingerprint density at radius 3 is 1.28 bits per heavy atom. The van der Waals surface area contributed by atoms with Gasteiger partial charge in [-0.2, -0.15) is 0 Å². The fourth-order valence-electron chi connectivity index (χ4n) is 7.96. The summed E-state index contributed by atoms with van der Waals surface area (Å²) < 4.78 is 5.91. The summed E-state index contributed by atoms with van der Waals surface area (Å²) in [7, 11) is 0. The number of nitrogens with one attached hydrogen (secondary N) is 1. The van der Waals surface area contributed by atoms with E-state index in [1.165, 1.54) is 180 Å². The summed E-state index contributed by atoms with van der Waals surface area (Å²) in [6, 6.07) is -0.702. The van der Waals surface area contributed by atoms with Crippen molar-refractivity contribution in [1.29, 1.82) is 0 Å². The smallest absolute Gasteiger partial charge is 0.306 e. The lowest BCUT2D eigenvalue weighted by molar-refractivity contribution is -0.151. The van der Waals surface area contributed by atoms with Crippen molar-refractivity contribution >= 4 is 11.9 Å². The molecular weight excluding hydrogens is 707 g/mol. The molecule has 0 spiro atoms. The van der Waals surface area contributed by atoms with Crippen molar-refractivity contribution in [3.05, 3.63) is 12.2 Å². The van der Waals surface area contributed by atoms with E-state index in [4.69, 9.17) is 4.74 Å². The average molecular weight is 806 g/mol. The summed E-state index contributed by atoms with van der Waals surface area (Å²) in [5, 5.41) is 23.7. The Kier molecular flexibility index (Phi) is 44.6. The van der Waals surface area contributed by atoms with Crippen molar-refractivity contribution < 1.29 is 24.5 Å². The number of unbranched alkanes of at least 4 members (excludes halogenated alkanes) is 32. The van der Waals surface area contributed by atoms with Crippen LogP contribution in [0, 0.1) is 0 Å². The number of aliphatic hydroxyl groups is 2. The van der Waals surface area contributed by atoms with Gasteiger partial charge in [-0.3, -0.25) is 9.59 Å². The molecule has 0 heterocycles. The van der Waals surface area contributed by atoms with Crippen molar-refractivity contribution in [2.24, 2.45) is 0 Å². The summed E-state index contributed by atoms with van der Waals surface area (Å²) in [6.07, 6.45) is 49.9. The summed E-state index contributed by atoms with van der Waals surface area (Å²) in [4.78, 5) is 26.1. The molecule has 0 aliphatic carbocycles. The summed E-state index contributed by atoms with van der Waals surface area (Å²) >= 11 is 0. The predicted octanol–water partition coefficient (Wildman–Crippen LogP) is 15.0. The zero-order chi connectivity index (χ0) is 41.7. The minimum Gasteiger partial charge on any atom is -0.462 e. The van der Waals surface area contributed by atoms with Crippen LogP contribution in [-0.4, -0.2) is 46.9 Å². The van der Waals surface area contributed by atoms with E-state index in [1.54, 1.807) is 0 Å². The van der Waals surface area contributed by atoms with Crippen LogP contribution in [0.1, 0.15) is 278 Å². The second kappa shape index (κ2) is 45.7. The number of amides is 1. The van der Waals surface area contributed by atoms with Gasteiger partial charge in [0.25, 0.3) is 0 Å². The lowest BCUT2D eigenvalue weighted by atomic mass is 10.0. The predicted molar refractivity (Wildman–Crippen MR) is 246 cm³/mol. The highest BCUT2D eigenvalue weighted by Crippen LogP contribution is 2.18. The molecule has 57 heavy (non-hydrogen) atoms. The van der Waals surface area contributed by atoms with Gasteiger partial charge in [-0.15, -0.1) is 0 Å². The number of aliphatic hydroxyl groups excluding tert-OH is 2. The quantitative estimate of drug-likeness (QED) is 0.0323. The highest BCUT2D eigenvalue weighted by Gasteiger charge is 2.24. The van der Waals surface area contributed by atoms with E-state index in [-0.39, 0.29) is 24.9 Å². The van der Waals surface area contributed by atoms with Crippen LogP contribution in [0.25, 0.3) is 0 Å². The second-order valence-electron chi connectivity index (χ2n) is 17.6. The first-order valence-corrected chi connectivity index (χ1v) is 25.4. The Morgan fingerprint density at radius 2 is 0.860 bits per heavy atom. The van der Waals surface area contributed by atoms with Crippen LogP contribution in [0.15, 0.2) is 12.2 Å². The molecule has 0 aromatic rings. The summed E-state index contributed by atoms with van der Waals surface area (Å²) in [5.41, 5.74) is 0. The monoisotopic (exact) mass is 806 g/mol. The number of hydrogen-bond donors (Lipinski definition) is 3. The van der Waals surface area contributed by atoms with Gasteiger partial charge in [-0.25, -0.2) is 0 Å². The molecule has 0 aliphatic heterocycles. The first kappa shape index (κ1) is 55.6. The average Bonchev–Trinajstić information content (AvgIpc) is 3.20. The van der Waals surface area contributed by atoms with Crippen molar-refractivity contribution in [2.45, 2.75) is 296 Å². The van der Waals surface area contributed by atoms with Gasteiger partial charge >= 0.3 is 5.97 Å². The van der Waals surface area contributed by atoms with Crippen LogP contribution in [-0.2, 0) is 14.3 Å². The third-order valence-electron chi connectivity index (χ3n) is 11.8. The molecule has 0 radical (unpaired) electrons. The molecule has 6 heteroatoms. The number of carbonyl (C=O) groups excluding carboxylic acids is 2. The molecule has 0 fully saturated rings. The van der Waals surface area contributed by atoms with Gasteiger partial charge in [0.1, 0.15) is 6.10 Å². The Morgan fingerprint density at radius 1 is 0.491 bits per heavy atom. The first-order valence-electron chi connectivity index (χ1n) is 25.4. The molecule has 3 atom stereocenters. The highest BCUT2D eigenvalue weighted by molar-refractivity contribution is 5.77. The van der Waals surface area contributed by atoms with Gasteiger partial charge in [-0.05, 0) is 44.9 Å². The molecule has 3 N–H and O–H groups in total. The van der Waals surface area contributed by atoms with Gasteiger partial charge in [-0.1, -0.05) is 232 Å². The summed E-state index contributed by atoms with van der Waals surface area (Å²) in [6.45, 7) is 6.48. The second-order valence-corrected chi connectivity index (χ2v) is 17.6. The largest absolute Gasteiger partial charge is 0.462 e. The standard InChI is InChI=1S/C51H99NO5/c1-4-7-10-13-16-19-22-24-25-26-29-32-35-38-41-44-51(56)57-47(42-39-36-33-30-27-21-18-15-12-9-6-3)45-50(55)52-48(46-53)49(54)43-40-37-34-31-28-23-20-17-14-11-8-5-2/h30,33,47-49,53-54H,4-29,31-32,34-46H2,1-3H3,(H,52,55)/b33-30-. The Balaban J connectivity index is 4.52. The molecular formula is C51H99NO5. The van der Waals surface area contributed by atoms with E-state index in [0.717, 1.165) is 51.4 Å². The Hall–Kier alpha value is -1.40. The first-order chi connectivity index (χ1) is 28.0. The molecule has 338 valence electrons. The molecule has 6 nitrogen and oxygen atoms in total. The van der Waals surface area contributed by atoms with Crippen LogP contribution in [0.2, 0.25) is 0 Å². The van der Waals surface area contributed by atoms with Crippen molar-refractivity contribution in [1.82, 2.24) is 5.32 Å². The molecule has 0 saturated heterocycles. The molecule has 0 aromatic carbocycles. The van der Waals surface area contributed by atoms with Crippen LogP contribution < -0.4 is 5.32 Å². The maximum absolute atomic E-state index is 13.2. The lowest BCUT2D eigenvalue weighted by Crippen LogP contribution is -2.46. The maximum atomic E-state index is 13.2. The SMILES string of the molecule is CCCCCCCC/C=C\CCCC(CC(=O)NC(CO)C(O)CCCCCCCCCCCCCC)OC(=O)CCCCCCCCCCCCCCCCC. The topological polar surface area (TPSA) is 95.9 Å². The molecule has 0 aliphatic rings. The minimum atomic E-state index is -0.787. The van der Waals surface area contributed by atoms with E-state index >= 15 is 0 Å². The number of carbonyl (C=O) groups is 2. The van der Waals surface area contributed by atoms with E-state index in [9.17, 15) is 19.8 Å². The summed E-state index contributed by atoms with van der Waals surface area (Å²) in [5.74, 6) is -0.488. The molecule has 0 bridgehead atoms. The van der Waals surface area contributed by atoms with Crippen molar-refractivity contribution in [3.63, 3.8) is 0 Å². The van der Waals surface area contributed by atoms with Gasteiger partial charge in [0, 0.05) is 6.42 Å². The van der Waals surface area contributed by atoms with Gasteiger partial charge in [0.15, 0.2) is 0 Å². The van der Waals surface area contributed by atoms with Gasteiger partial charge < -0.3 is 20.3 Å². The third kappa shape index (κ3) is 41.1. The Bertz CT molecular complexity index is 863. The zero-order valence-corrected chi connectivity index (χ0v) is 38.5. The fourth-order valence-corrected chi connectivity index (χ4v) is 7.96. The molecule has 0 rings (SSSR count). The number of ether oxygens (including phenoxy) is 1. The normalized spacial score (nSPS) is 13.3. The number of hydrogen-bond acceptors (Lipinski definition) is 5. The third-order valence-corrected chi connectivity index (χ3v) is 11.8. The van der Waals surface area contributed by atoms with E-state index in [1.807, 2.05) is 0 Å². The molecule has 3 unspecified atom stereocenters. The number of rotatable bonds is 46. The number of allylic oxidation sites excluding steroid dienone is 2. The zero-order valence-electron chi connectivity index (χ0n) is 38.5. The number of esters is 1. The van der Waals surface area contributed by atoms with Crippen LogP contribution >= 0.6 is 0 Å². The molecule has 0 aromatic heterocycles. The van der Waals surface area contributed by atoms with Gasteiger partial charge in [0.2, 0.25) is 5.91 Å². The van der Waals surface area contributed by atoms with Crippen LogP contribution in [0.4, 0.5) is 0 Å². The van der Waals surface area contributed by atoms with E-state index in [0.29, 0.717) is 19.3 Å². The van der Waals surface area contributed by atoms with Crippen molar-refractivity contribution in [2.75, 3.05) is 6.61 Å². The van der Waals surface area contributed by atoms with Crippen molar-refractivity contribution in [3.8, 4) is 0 Å². The highest BCUT2D eigenvalue weighted by atomic mass is 16.5. The minimum absolute atomic E-state index is 0.0634.